The van der Waals surface area contributed by atoms with Crippen LogP contribution >= 0.6 is 0 Å². The zero-order valence-corrected chi connectivity index (χ0v) is 10.8. The summed E-state index contributed by atoms with van der Waals surface area (Å²) in [4.78, 5) is 14.0. The van der Waals surface area contributed by atoms with Gasteiger partial charge >= 0.3 is 0 Å². The number of rotatable bonds is 6. The summed E-state index contributed by atoms with van der Waals surface area (Å²) in [6.07, 6.45) is 1.21. The average molecular weight is 227 g/mol. The Hall–Kier alpha value is -0.610. The zero-order valence-electron chi connectivity index (χ0n) is 10.8. The van der Waals surface area contributed by atoms with Gasteiger partial charge in [-0.3, -0.25) is 4.79 Å². The van der Waals surface area contributed by atoms with Gasteiger partial charge in [0.05, 0.1) is 0 Å². The van der Waals surface area contributed by atoms with E-state index < -0.39 is 0 Å². The monoisotopic (exact) mass is 227 g/mol. The Bertz CT molecular complexity index is 220. The van der Waals surface area contributed by atoms with Crippen molar-refractivity contribution in [2.45, 2.75) is 20.3 Å². The summed E-state index contributed by atoms with van der Waals surface area (Å²) in [5, 5.41) is 6.24. The molecule has 16 heavy (non-hydrogen) atoms. The van der Waals surface area contributed by atoms with Crippen molar-refractivity contribution in [2.75, 3.05) is 39.8 Å². The Morgan fingerprint density at radius 1 is 1.56 bits per heavy atom. The number of nitrogens with one attached hydrogen (secondary N) is 2. The van der Waals surface area contributed by atoms with Crippen molar-refractivity contribution in [2.24, 2.45) is 11.8 Å². The van der Waals surface area contributed by atoms with Crippen LogP contribution in [0.4, 0.5) is 0 Å². The number of hydrogen-bond acceptors (Lipinski definition) is 3. The fraction of sp³-hybridized carbons (Fsp3) is 0.917. The van der Waals surface area contributed by atoms with E-state index in [9.17, 15) is 4.79 Å². The highest BCUT2D eigenvalue weighted by Crippen LogP contribution is 2.12. The summed E-state index contributed by atoms with van der Waals surface area (Å²) in [5.41, 5.74) is 0. The summed E-state index contributed by atoms with van der Waals surface area (Å²) >= 11 is 0. The van der Waals surface area contributed by atoms with Crippen molar-refractivity contribution in [3.05, 3.63) is 0 Å². The van der Waals surface area contributed by atoms with Crippen LogP contribution in [0.15, 0.2) is 0 Å². The van der Waals surface area contributed by atoms with Gasteiger partial charge in [0.2, 0.25) is 5.91 Å². The first-order valence-electron chi connectivity index (χ1n) is 6.30. The molecular weight excluding hydrogens is 202 g/mol. The molecule has 0 bridgehead atoms. The lowest BCUT2D eigenvalue weighted by Crippen LogP contribution is -2.38. The van der Waals surface area contributed by atoms with Gasteiger partial charge in [0, 0.05) is 25.6 Å². The van der Waals surface area contributed by atoms with Crippen molar-refractivity contribution in [1.82, 2.24) is 15.5 Å². The van der Waals surface area contributed by atoms with Gasteiger partial charge in [-0.1, -0.05) is 13.8 Å². The number of amides is 1. The largest absolute Gasteiger partial charge is 0.356 e. The third kappa shape index (κ3) is 4.49. The third-order valence-electron chi connectivity index (χ3n) is 3.20. The average Bonchev–Trinajstić information content (AvgIpc) is 2.68. The number of nitrogens with zero attached hydrogens (tertiary/aromatic N) is 1. The van der Waals surface area contributed by atoms with Crippen molar-refractivity contribution in [3.8, 4) is 0 Å². The van der Waals surface area contributed by atoms with Gasteiger partial charge in [0.25, 0.3) is 0 Å². The van der Waals surface area contributed by atoms with Gasteiger partial charge in [0.1, 0.15) is 0 Å². The molecule has 1 heterocycles. The molecule has 0 spiro atoms. The van der Waals surface area contributed by atoms with E-state index in [1.54, 1.807) is 0 Å². The second kappa shape index (κ2) is 6.86. The lowest BCUT2D eigenvalue weighted by atomic mass is 10.1. The van der Waals surface area contributed by atoms with E-state index >= 15 is 0 Å². The van der Waals surface area contributed by atoms with Gasteiger partial charge in [-0.25, -0.2) is 0 Å². The minimum atomic E-state index is 0.0686. The molecular formula is C12H25N3O. The van der Waals surface area contributed by atoms with Gasteiger partial charge in [-0.2, -0.15) is 0 Å². The van der Waals surface area contributed by atoms with E-state index in [4.69, 9.17) is 0 Å². The van der Waals surface area contributed by atoms with Crippen LogP contribution in [0, 0.1) is 11.8 Å². The topological polar surface area (TPSA) is 44.4 Å². The number of likely N-dealkylation sites (tertiary alicyclic amines) is 1. The van der Waals surface area contributed by atoms with Gasteiger partial charge in [-0.05, 0) is 32.5 Å². The molecule has 4 heteroatoms. The van der Waals surface area contributed by atoms with E-state index in [1.807, 2.05) is 6.92 Å². The first kappa shape index (κ1) is 13.5. The predicted octanol–water partition coefficient (Wildman–Crippen LogP) is 0.300. The Morgan fingerprint density at radius 2 is 2.31 bits per heavy atom. The SMILES string of the molecule is CCNCC(C)C(=O)NCC1CCN(C)C1. The highest BCUT2D eigenvalue weighted by atomic mass is 16.1. The summed E-state index contributed by atoms with van der Waals surface area (Å²) in [7, 11) is 2.13. The lowest BCUT2D eigenvalue weighted by Gasteiger charge is -2.15. The summed E-state index contributed by atoms with van der Waals surface area (Å²) in [5.74, 6) is 0.884. The molecule has 0 aromatic heterocycles. The van der Waals surface area contributed by atoms with Crippen LogP contribution in [0.2, 0.25) is 0 Å². The normalized spacial score (nSPS) is 23.3. The van der Waals surface area contributed by atoms with Gasteiger partial charge < -0.3 is 15.5 Å². The smallest absolute Gasteiger partial charge is 0.224 e. The van der Waals surface area contributed by atoms with Gasteiger partial charge in [-0.15, -0.1) is 0 Å². The standard InChI is InChI=1S/C12H25N3O/c1-4-13-7-10(2)12(16)14-8-11-5-6-15(3)9-11/h10-11,13H,4-9H2,1-3H3,(H,14,16). The van der Waals surface area contributed by atoms with Crippen molar-refractivity contribution < 1.29 is 4.79 Å². The molecule has 94 valence electrons. The number of carbonyl (C=O) groups excluding carboxylic acids is 1. The fourth-order valence-corrected chi connectivity index (χ4v) is 2.07. The van der Waals surface area contributed by atoms with E-state index in [2.05, 4.69) is 29.5 Å². The summed E-state index contributed by atoms with van der Waals surface area (Å²) in [6, 6.07) is 0. The molecule has 0 aliphatic carbocycles. The lowest BCUT2D eigenvalue weighted by molar-refractivity contribution is -0.124. The first-order chi connectivity index (χ1) is 7.63. The molecule has 1 saturated heterocycles. The molecule has 2 atom stereocenters. The molecule has 2 unspecified atom stereocenters. The minimum absolute atomic E-state index is 0.0686. The second-order valence-electron chi connectivity index (χ2n) is 4.87. The zero-order chi connectivity index (χ0) is 12.0. The molecule has 1 rings (SSSR count). The van der Waals surface area contributed by atoms with Crippen LogP contribution in [0.25, 0.3) is 0 Å². The highest BCUT2D eigenvalue weighted by Gasteiger charge is 2.20. The summed E-state index contributed by atoms with van der Waals surface area (Å²) in [6.45, 7) is 8.82. The number of hydrogen-bond donors (Lipinski definition) is 2. The molecule has 0 saturated carbocycles. The van der Waals surface area contributed by atoms with Crippen LogP contribution < -0.4 is 10.6 Å². The van der Waals surface area contributed by atoms with Crippen molar-refractivity contribution in [3.63, 3.8) is 0 Å². The minimum Gasteiger partial charge on any atom is -0.356 e. The molecule has 4 nitrogen and oxygen atoms in total. The molecule has 0 radical (unpaired) electrons. The number of carbonyl (C=O) groups is 1. The predicted molar refractivity (Wildman–Crippen MR) is 66.3 cm³/mol. The fourth-order valence-electron chi connectivity index (χ4n) is 2.07. The maximum absolute atomic E-state index is 11.7. The van der Waals surface area contributed by atoms with Crippen LogP contribution in [0.5, 0.6) is 0 Å². The maximum Gasteiger partial charge on any atom is 0.224 e. The Balaban J connectivity index is 2.14. The van der Waals surface area contributed by atoms with E-state index in [1.165, 1.54) is 6.42 Å². The van der Waals surface area contributed by atoms with Crippen molar-refractivity contribution >= 4 is 5.91 Å². The summed E-state index contributed by atoms with van der Waals surface area (Å²) < 4.78 is 0. The molecule has 0 aromatic carbocycles. The molecule has 2 N–H and O–H groups in total. The Morgan fingerprint density at radius 3 is 2.88 bits per heavy atom. The van der Waals surface area contributed by atoms with Crippen LogP contribution in [0.1, 0.15) is 20.3 Å². The molecule has 1 amide bonds. The second-order valence-corrected chi connectivity index (χ2v) is 4.87. The molecule has 1 aliphatic heterocycles. The van der Waals surface area contributed by atoms with Crippen molar-refractivity contribution in [1.29, 1.82) is 0 Å². The molecule has 0 aromatic rings. The van der Waals surface area contributed by atoms with Crippen LogP contribution in [-0.2, 0) is 4.79 Å². The molecule has 1 aliphatic rings. The van der Waals surface area contributed by atoms with Crippen LogP contribution in [0.3, 0.4) is 0 Å². The van der Waals surface area contributed by atoms with Crippen LogP contribution in [-0.4, -0.2) is 50.6 Å². The molecule has 1 fully saturated rings. The van der Waals surface area contributed by atoms with Gasteiger partial charge in [0.15, 0.2) is 0 Å². The third-order valence-corrected chi connectivity index (χ3v) is 3.20. The van der Waals surface area contributed by atoms with E-state index in [0.717, 1.165) is 32.7 Å². The van der Waals surface area contributed by atoms with E-state index in [0.29, 0.717) is 5.92 Å². The first-order valence-corrected chi connectivity index (χ1v) is 6.30. The Labute approximate surface area is 98.8 Å². The maximum atomic E-state index is 11.7. The van der Waals surface area contributed by atoms with E-state index in [-0.39, 0.29) is 11.8 Å². The highest BCUT2D eigenvalue weighted by molar-refractivity contribution is 5.78. The Kier molecular flexibility index (Phi) is 5.77. The quantitative estimate of drug-likeness (QED) is 0.686.